The van der Waals surface area contributed by atoms with Crippen LogP contribution in [0.1, 0.15) is 5.56 Å². The van der Waals surface area contributed by atoms with Crippen LogP contribution in [0.5, 0.6) is 0 Å². The molecule has 0 saturated heterocycles. The maximum absolute atomic E-state index is 11.4. The quantitative estimate of drug-likeness (QED) is 0.571. The zero-order chi connectivity index (χ0) is 11.8. The van der Waals surface area contributed by atoms with Gasteiger partial charge in [-0.05, 0) is 12.0 Å². The molecule has 4 heteroatoms. The number of benzene rings is 1. The highest BCUT2D eigenvalue weighted by Crippen LogP contribution is 2.02. The second-order valence-corrected chi connectivity index (χ2v) is 3.46. The van der Waals surface area contributed by atoms with E-state index in [2.05, 4.69) is 0 Å². The van der Waals surface area contributed by atoms with Crippen molar-refractivity contribution in [2.45, 2.75) is 12.5 Å². The smallest absolute Gasteiger partial charge is 0.323 e. The van der Waals surface area contributed by atoms with Gasteiger partial charge in [-0.1, -0.05) is 30.3 Å². The van der Waals surface area contributed by atoms with Crippen LogP contribution in [0.3, 0.4) is 0 Å². The monoisotopic (exact) mass is 223 g/mol. The second kappa shape index (κ2) is 6.98. The van der Waals surface area contributed by atoms with Crippen molar-refractivity contribution in [3.05, 3.63) is 35.9 Å². The van der Waals surface area contributed by atoms with E-state index in [0.717, 1.165) is 5.56 Å². The van der Waals surface area contributed by atoms with E-state index in [0.29, 0.717) is 13.0 Å². The van der Waals surface area contributed by atoms with Crippen LogP contribution in [-0.4, -0.2) is 32.3 Å². The van der Waals surface area contributed by atoms with Crippen molar-refractivity contribution in [3.63, 3.8) is 0 Å². The zero-order valence-electron chi connectivity index (χ0n) is 9.39. The molecule has 0 aliphatic rings. The van der Waals surface area contributed by atoms with Gasteiger partial charge in [0.25, 0.3) is 0 Å². The van der Waals surface area contributed by atoms with Crippen LogP contribution >= 0.6 is 0 Å². The first-order valence-electron chi connectivity index (χ1n) is 5.19. The average Bonchev–Trinajstić information content (AvgIpc) is 2.30. The Kier molecular flexibility index (Phi) is 5.53. The lowest BCUT2D eigenvalue weighted by molar-refractivity contribution is -0.146. The van der Waals surface area contributed by atoms with Crippen LogP contribution in [-0.2, 0) is 20.7 Å². The molecule has 0 spiro atoms. The Morgan fingerprint density at radius 3 is 2.62 bits per heavy atom. The molecule has 1 rings (SSSR count). The normalized spacial score (nSPS) is 12.1. The first-order chi connectivity index (χ1) is 7.74. The van der Waals surface area contributed by atoms with Gasteiger partial charge < -0.3 is 15.2 Å². The van der Waals surface area contributed by atoms with E-state index < -0.39 is 6.04 Å². The summed E-state index contributed by atoms with van der Waals surface area (Å²) < 4.78 is 9.70. The molecule has 0 radical (unpaired) electrons. The molecule has 0 aromatic heterocycles. The molecular formula is C12H17NO3. The van der Waals surface area contributed by atoms with Crippen molar-refractivity contribution >= 4 is 5.97 Å². The van der Waals surface area contributed by atoms with E-state index in [4.69, 9.17) is 15.2 Å². The van der Waals surface area contributed by atoms with Crippen LogP contribution in [0.15, 0.2) is 30.3 Å². The Morgan fingerprint density at radius 1 is 1.31 bits per heavy atom. The zero-order valence-corrected chi connectivity index (χ0v) is 9.39. The molecule has 1 atom stereocenters. The summed E-state index contributed by atoms with van der Waals surface area (Å²) in [6.45, 7) is 0.640. The minimum absolute atomic E-state index is 0.248. The maximum Gasteiger partial charge on any atom is 0.323 e. The minimum atomic E-state index is -0.612. The molecule has 0 aliphatic carbocycles. The summed E-state index contributed by atoms with van der Waals surface area (Å²) >= 11 is 0. The summed E-state index contributed by atoms with van der Waals surface area (Å²) in [5.41, 5.74) is 6.74. The Morgan fingerprint density at radius 2 is 2.00 bits per heavy atom. The summed E-state index contributed by atoms with van der Waals surface area (Å²) in [6.07, 6.45) is 0.493. The van der Waals surface area contributed by atoms with Crippen molar-refractivity contribution in [1.82, 2.24) is 0 Å². The number of ether oxygens (including phenoxy) is 2. The minimum Gasteiger partial charge on any atom is -0.462 e. The summed E-state index contributed by atoms with van der Waals surface area (Å²) in [4.78, 5) is 11.4. The van der Waals surface area contributed by atoms with E-state index in [9.17, 15) is 4.79 Å². The van der Waals surface area contributed by atoms with Gasteiger partial charge >= 0.3 is 5.97 Å². The van der Waals surface area contributed by atoms with Gasteiger partial charge in [0, 0.05) is 7.11 Å². The number of carbonyl (C=O) groups is 1. The van der Waals surface area contributed by atoms with Crippen molar-refractivity contribution in [1.29, 1.82) is 0 Å². The Bertz CT molecular complexity index is 313. The molecule has 1 aromatic carbocycles. The van der Waals surface area contributed by atoms with E-state index in [1.807, 2.05) is 30.3 Å². The van der Waals surface area contributed by atoms with Crippen molar-refractivity contribution < 1.29 is 14.3 Å². The molecule has 1 aromatic rings. The van der Waals surface area contributed by atoms with E-state index in [1.54, 1.807) is 7.11 Å². The number of hydrogen-bond acceptors (Lipinski definition) is 4. The molecule has 0 unspecified atom stereocenters. The SMILES string of the molecule is COCCOC(=O)[C@H](N)Cc1ccccc1. The lowest BCUT2D eigenvalue weighted by atomic mass is 10.1. The molecule has 0 amide bonds. The summed E-state index contributed by atoms with van der Waals surface area (Å²) in [7, 11) is 1.55. The van der Waals surface area contributed by atoms with Crippen molar-refractivity contribution in [3.8, 4) is 0 Å². The number of hydrogen-bond donors (Lipinski definition) is 1. The highest BCUT2D eigenvalue weighted by Gasteiger charge is 2.15. The molecule has 0 fully saturated rings. The standard InChI is InChI=1S/C12H17NO3/c1-15-7-8-16-12(14)11(13)9-10-5-3-2-4-6-10/h2-6,11H,7-9,13H2,1H3/t11-/m1/s1. The molecule has 0 saturated carbocycles. The number of methoxy groups -OCH3 is 1. The number of rotatable bonds is 6. The van der Waals surface area contributed by atoms with Gasteiger partial charge in [0.05, 0.1) is 6.61 Å². The van der Waals surface area contributed by atoms with Crippen LogP contribution in [0.25, 0.3) is 0 Å². The predicted octanol–water partition coefficient (Wildman–Crippen LogP) is 0.746. The van der Waals surface area contributed by atoms with Gasteiger partial charge in [0.1, 0.15) is 12.6 Å². The van der Waals surface area contributed by atoms with Gasteiger partial charge in [-0.25, -0.2) is 0 Å². The molecule has 2 N–H and O–H groups in total. The van der Waals surface area contributed by atoms with Crippen molar-refractivity contribution in [2.24, 2.45) is 5.73 Å². The molecule has 4 nitrogen and oxygen atoms in total. The fourth-order valence-corrected chi connectivity index (χ4v) is 1.28. The third-order valence-corrected chi connectivity index (χ3v) is 2.13. The number of carbonyl (C=O) groups excluding carboxylic acids is 1. The molecular weight excluding hydrogens is 206 g/mol. The van der Waals surface area contributed by atoms with Gasteiger partial charge in [0.15, 0.2) is 0 Å². The predicted molar refractivity (Wildman–Crippen MR) is 61.0 cm³/mol. The number of esters is 1. The van der Waals surface area contributed by atoms with E-state index in [1.165, 1.54) is 0 Å². The highest BCUT2D eigenvalue weighted by atomic mass is 16.6. The molecule has 0 aliphatic heterocycles. The van der Waals surface area contributed by atoms with Gasteiger partial charge in [-0.2, -0.15) is 0 Å². The fraction of sp³-hybridized carbons (Fsp3) is 0.417. The van der Waals surface area contributed by atoms with Crippen LogP contribution in [0, 0.1) is 0 Å². The number of nitrogens with two attached hydrogens (primary N) is 1. The lowest BCUT2D eigenvalue weighted by Gasteiger charge is -2.11. The third kappa shape index (κ3) is 4.42. The first-order valence-corrected chi connectivity index (χ1v) is 5.19. The van der Waals surface area contributed by atoms with Crippen LogP contribution < -0.4 is 5.73 Å². The average molecular weight is 223 g/mol. The largest absolute Gasteiger partial charge is 0.462 e. The van der Waals surface area contributed by atoms with E-state index in [-0.39, 0.29) is 12.6 Å². The van der Waals surface area contributed by atoms with Gasteiger partial charge in [-0.15, -0.1) is 0 Å². The summed E-state index contributed by atoms with van der Waals surface area (Å²) in [5.74, 6) is -0.388. The van der Waals surface area contributed by atoms with E-state index >= 15 is 0 Å². The molecule has 0 bridgehead atoms. The maximum atomic E-state index is 11.4. The Balaban J connectivity index is 2.34. The molecule has 0 heterocycles. The van der Waals surface area contributed by atoms with Crippen LogP contribution in [0.4, 0.5) is 0 Å². The molecule has 88 valence electrons. The molecule has 16 heavy (non-hydrogen) atoms. The lowest BCUT2D eigenvalue weighted by Crippen LogP contribution is -2.34. The summed E-state index contributed by atoms with van der Waals surface area (Å²) in [5, 5.41) is 0. The van der Waals surface area contributed by atoms with Gasteiger partial charge in [0.2, 0.25) is 0 Å². The van der Waals surface area contributed by atoms with Crippen LogP contribution in [0.2, 0.25) is 0 Å². The Hall–Kier alpha value is -1.39. The fourth-order valence-electron chi connectivity index (χ4n) is 1.28. The van der Waals surface area contributed by atoms with Crippen molar-refractivity contribution in [2.75, 3.05) is 20.3 Å². The third-order valence-electron chi connectivity index (χ3n) is 2.13. The first kappa shape index (κ1) is 12.7. The summed E-state index contributed by atoms with van der Waals surface area (Å²) in [6, 6.07) is 9.01. The Labute approximate surface area is 95.3 Å². The second-order valence-electron chi connectivity index (χ2n) is 3.46. The highest BCUT2D eigenvalue weighted by molar-refractivity contribution is 5.75. The topological polar surface area (TPSA) is 61.5 Å². The van der Waals surface area contributed by atoms with Gasteiger partial charge in [-0.3, -0.25) is 4.79 Å².